The van der Waals surface area contributed by atoms with E-state index in [9.17, 15) is 0 Å². The Balaban J connectivity index is 2.10. The third kappa shape index (κ3) is 1.04. The fraction of sp³-hybridized carbons (Fsp3) is 0.867. The zero-order valence-corrected chi connectivity index (χ0v) is 10.5. The topological polar surface area (TPSA) is 0 Å². The maximum atomic E-state index is 4.46. The molecule has 0 aromatic rings. The van der Waals surface area contributed by atoms with Crippen LogP contribution in [0.15, 0.2) is 12.2 Å². The molecule has 84 valence electrons. The van der Waals surface area contributed by atoms with Gasteiger partial charge in [0.15, 0.2) is 0 Å². The first-order chi connectivity index (χ1) is 6.97. The fourth-order valence-corrected chi connectivity index (χ4v) is 5.38. The first kappa shape index (κ1) is 9.93. The normalized spacial score (nSPS) is 51.9. The number of allylic oxidation sites excluding steroid dienone is 1. The fourth-order valence-electron chi connectivity index (χ4n) is 5.38. The van der Waals surface area contributed by atoms with Crippen molar-refractivity contribution in [2.75, 3.05) is 0 Å². The summed E-state index contributed by atoms with van der Waals surface area (Å²) >= 11 is 0. The number of hydrogen-bond acceptors (Lipinski definition) is 0. The van der Waals surface area contributed by atoms with Crippen LogP contribution < -0.4 is 0 Å². The van der Waals surface area contributed by atoms with E-state index in [0.29, 0.717) is 10.8 Å². The van der Waals surface area contributed by atoms with Crippen molar-refractivity contribution < 1.29 is 0 Å². The molecule has 0 aliphatic heterocycles. The van der Waals surface area contributed by atoms with Gasteiger partial charge < -0.3 is 0 Å². The van der Waals surface area contributed by atoms with Crippen molar-refractivity contribution in [3.8, 4) is 0 Å². The van der Waals surface area contributed by atoms with Crippen LogP contribution in [0, 0.1) is 28.6 Å². The van der Waals surface area contributed by atoms with Gasteiger partial charge >= 0.3 is 0 Å². The van der Waals surface area contributed by atoms with E-state index in [1.807, 2.05) is 0 Å². The highest BCUT2D eigenvalue weighted by Crippen LogP contribution is 2.70. The Morgan fingerprint density at radius 1 is 1.13 bits per heavy atom. The molecular weight excluding hydrogens is 180 g/mol. The van der Waals surface area contributed by atoms with E-state index < -0.39 is 0 Å². The number of rotatable bonds is 0. The minimum atomic E-state index is 0.522. The predicted octanol–water partition coefficient (Wildman–Crippen LogP) is 4.42. The van der Waals surface area contributed by atoms with Crippen molar-refractivity contribution in [2.45, 2.75) is 52.9 Å². The average Bonchev–Trinajstić information content (AvgIpc) is 2.50. The van der Waals surface area contributed by atoms with E-state index in [0.717, 1.165) is 17.8 Å². The average molecular weight is 204 g/mol. The van der Waals surface area contributed by atoms with Gasteiger partial charge in [-0.2, -0.15) is 0 Å². The van der Waals surface area contributed by atoms with Gasteiger partial charge in [0.25, 0.3) is 0 Å². The summed E-state index contributed by atoms with van der Waals surface area (Å²) in [6, 6.07) is 0. The maximum absolute atomic E-state index is 4.46. The van der Waals surface area contributed by atoms with Gasteiger partial charge in [-0.3, -0.25) is 0 Å². The van der Waals surface area contributed by atoms with Crippen molar-refractivity contribution in [1.82, 2.24) is 0 Å². The highest BCUT2D eigenvalue weighted by atomic mass is 14.7. The second-order valence-electron chi connectivity index (χ2n) is 7.14. The maximum Gasteiger partial charge on any atom is -0.0118 e. The lowest BCUT2D eigenvalue weighted by Gasteiger charge is -2.38. The van der Waals surface area contributed by atoms with Crippen LogP contribution in [0.2, 0.25) is 0 Å². The van der Waals surface area contributed by atoms with Crippen LogP contribution in [-0.2, 0) is 0 Å². The molecule has 0 heterocycles. The van der Waals surface area contributed by atoms with Crippen LogP contribution in [0.5, 0.6) is 0 Å². The van der Waals surface area contributed by atoms with Gasteiger partial charge in [-0.1, -0.05) is 39.3 Å². The zero-order valence-electron chi connectivity index (χ0n) is 10.5. The van der Waals surface area contributed by atoms with E-state index in [-0.39, 0.29) is 0 Å². The summed E-state index contributed by atoms with van der Waals surface area (Å²) in [6.07, 6.45) is 7.23. The third-order valence-corrected chi connectivity index (χ3v) is 6.04. The van der Waals surface area contributed by atoms with Gasteiger partial charge in [-0.05, 0) is 54.3 Å². The molecule has 0 heteroatoms. The summed E-state index contributed by atoms with van der Waals surface area (Å²) in [6.45, 7) is 12.0. The molecule has 3 unspecified atom stereocenters. The van der Waals surface area contributed by atoms with Crippen LogP contribution in [0.3, 0.4) is 0 Å². The lowest BCUT2D eigenvalue weighted by molar-refractivity contribution is 0.153. The summed E-state index contributed by atoms with van der Waals surface area (Å²) in [5.41, 5.74) is 2.78. The van der Waals surface area contributed by atoms with E-state index in [1.54, 1.807) is 5.57 Å². The quantitative estimate of drug-likeness (QED) is 0.513. The summed E-state index contributed by atoms with van der Waals surface area (Å²) in [5, 5.41) is 0. The number of hydrogen-bond donors (Lipinski definition) is 0. The van der Waals surface area contributed by atoms with Gasteiger partial charge in [0.2, 0.25) is 0 Å². The lowest BCUT2D eigenvalue weighted by Crippen LogP contribution is -2.29. The molecule has 4 bridgehead atoms. The Morgan fingerprint density at radius 3 is 2.60 bits per heavy atom. The molecule has 0 N–H and O–H groups in total. The molecule has 0 aromatic carbocycles. The standard InChI is InChI=1S/C15H24/c1-10-11-6-7-12-13(10)14(2,3)8-5-9-15(11,12)4/h11-13H,1,5-9H2,2-4H3/t11-,12?,13?,15?/m1/s1. The van der Waals surface area contributed by atoms with E-state index >= 15 is 0 Å². The second kappa shape index (κ2) is 2.70. The summed E-state index contributed by atoms with van der Waals surface area (Å²) in [5.74, 6) is 2.67. The van der Waals surface area contributed by atoms with Crippen LogP contribution >= 0.6 is 0 Å². The SMILES string of the molecule is C=C1C2C3CC[C@H]1C3(C)CCCC2(C)C. The molecular formula is C15H24. The van der Waals surface area contributed by atoms with Gasteiger partial charge in [0.05, 0.1) is 0 Å². The Morgan fingerprint density at radius 2 is 1.87 bits per heavy atom. The molecule has 3 saturated carbocycles. The zero-order chi connectivity index (χ0) is 10.8. The van der Waals surface area contributed by atoms with Crippen molar-refractivity contribution in [3.05, 3.63) is 12.2 Å². The molecule has 3 aliphatic carbocycles. The van der Waals surface area contributed by atoms with Gasteiger partial charge in [0.1, 0.15) is 0 Å². The molecule has 3 fully saturated rings. The van der Waals surface area contributed by atoms with E-state index in [4.69, 9.17) is 0 Å². The molecule has 15 heavy (non-hydrogen) atoms. The van der Waals surface area contributed by atoms with Crippen LogP contribution in [0.25, 0.3) is 0 Å². The smallest absolute Gasteiger partial charge is 0.0118 e. The van der Waals surface area contributed by atoms with Gasteiger partial charge in [-0.25, -0.2) is 0 Å². The molecule has 0 spiro atoms. The molecule has 0 amide bonds. The van der Waals surface area contributed by atoms with Crippen LogP contribution in [-0.4, -0.2) is 0 Å². The molecule has 0 saturated heterocycles. The Labute approximate surface area is 94.1 Å². The van der Waals surface area contributed by atoms with Crippen molar-refractivity contribution in [2.24, 2.45) is 28.6 Å². The Kier molecular flexibility index (Phi) is 1.79. The molecule has 0 aromatic heterocycles. The lowest BCUT2D eigenvalue weighted by atomic mass is 9.67. The van der Waals surface area contributed by atoms with E-state index in [1.165, 1.54) is 32.1 Å². The summed E-state index contributed by atoms with van der Waals surface area (Å²) < 4.78 is 0. The largest absolute Gasteiger partial charge is 0.0992 e. The molecule has 0 radical (unpaired) electrons. The third-order valence-electron chi connectivity index (χ3n) is 6.04. The van der Waals surface area contributed by atoms with Crippen molar-refractivity contribution >= 4 is 0 Å². The monoisotopic (exact) mass is 204 g/mol. The highest BCUT2D eigenvalue weighted by Gasteiger charge is 2.61. The molecule has 3 aliphatic rings. The predicted molar refractivity (Wildman–Crippen MR) is 64.6 cm³/mol. The summed E-state index contributed by atoms with van der Waals surface area (Å²) in [7, 11) is 0. The Bertz CT molecular complexity index is 312. The first-order valence-electron chi connectivity index (χ1n) is 6.65. The minimum Gasteiger partial charge on any atom is -0.0992 e. The molecule has 0 nitrogen and oxygen atoms in total. The highest BCUT2D eigenvalue weighted by molar-refractivity contribution is 5.28. The molecule has 4 atom stereocenters. The van der Waals surface area contributed by atoms with Crippen LogP contribution in [0.4, 0.5) is 0 Å². The minimum absolute atomic E-state index is 0.522. The Hall–Kier alpha value is -0.260. The van der Waals surface area contributed by atoms with E-state index in [2.05, 4.69) is 27.4 Å². The summed E-state index contributed by atoms with van der Waals surface area (Å²) in [4.78, 5) is 0. The second-order valence-corrected chi connectivity index (χ2v) is 7.14. The van der Waals surface area contributed by atoms with Crippen molar-refractivity contribution in [3.63, 3.8) is 0 Å². The van der Waals surface area contributed by atoms with Crippen LogP contribution in [0.1, 0.15) is 52.9 Å². The van der Waals surface area contributed by atoms with Gasteiger partial charge in [-0.15, -0.1) is 0 Å². The van der Waals surface area contributed by atoms with Gasteiger partial charge in [0, 0.05) is 0 Å². The van der Waals surface area contributed by atoms with Crippen molar-refractivity contribution in [1.29, 1.82) is 0 Å². The molecule has 3 rings (SSSR count). The first-order valence-corrected chi connectivity index (χ1v) is 6.65.